The summed E-state index contributed by atoms with van der Waals surface area (Å²) in [5, 5.41) is 7.37. The SMILES string of the molecule is COc1nc(Nc2cc(C3CCOC3=O)nn2C2CC2)ncc1C(F)(F)F. The first kappa shape index (κ1) is 17.6. The van der Waals surface area contributed by atoms with Crippen LogP contribution in [-0.2, 0) is 15.7 Å². The molecule has 2 aromatic heterocycles. The van der Waals surface area contributed by atoms with Crippen LogP contribution in [0.25, 0.3) is 0 Å². The molecule has 1 atom stereocenters. The van der Waals surface area contributed by atoms with Gasteiger partial charge in [-0.3, -0.25) is 4.79 Å². The molecule has 0 amide bonds. The molecule has 0 bridgehead atoms. The molecule has 1 saturated heterocycles. The van der Waals surface area contributed by atoms with Crippen molar-refractivity contribution in [1.82, 2.24) is 19.7 Å². The van der Waals surface area contributed by atoms with E-state index in [2.05, 4.69) is 20.4 Å². The Balaban J connectivity index is 1.64. The van der Waals surface area contributed by atoms with E-state index in [9.17, 15) is 18.0 Å². The molecule has 27 heavy (non-hydrogen) atoms. The van der Waals surface area contributed by atoms with E-state index in [1.807, 2.05) is 0 Å². The molecule has 2 aromatic rings. The van der Waals surface area contributed by atoms with Crippen LogP contribution in [0.3, 0.4) is 0 Å². The molecule has 1 aliphatic carbocycles. The summed E-state index contributed by atoms with van der Waals surface area (Å²) in [7, 11) is 1.11. The Bertz CT molecular complexity index is 879. The first-order valence-corrected chi connectivity index (χ1v) is 8.38. The summed E-state index contributed by atoms with van der Waals surface area (Å²) in [5.74, 6) is -0.878. The number of rotatable bonds is 5. The number of carbonyl (C=O) groups is 1. The Morgan fingerprint density at radius 3 is 2.70 bits per heavy atom. The first-order valence-electron chi connectivity index (χ1n) is 8.38. The van der Waals surface area contributed by atoms with Crippen LogP contribution in [0.5, 0.6) is 5.88 Å². The van der Waals surface area contributed by atoms with Gasteiger partial charge in [0.15, 0.2) is 0 Å². The van der Waals surface area contributed by atoms with Gasteiger partial charge in [-0.1, -0.05) is 0 Å². The number of carbonyl (C=O) groups excluding carboxylic acids is 1. The molecule has 2 aliphatic rings. The van der Waals surface area contributed by atoms with Crippen molar-refractivity contribution in [3.05, 3.63) is 23.5 Å². The first-order chi connectivity index (χ1) is 12.9. The van der Waals surface area contributed by atoms with E-state index in [0.717, 1.165) is 20.0 Å². The van der Waals surface area contributed by atoms with Gasteiger partial charge in [-0.15, -0.1) is 0 Å². The van der Waals surface area contributed by atoms with Crippen molar-refractivity contribution in [2.75, 3.05) is 19.0 Å². The standard InChI is InChI=1S/C16H16F3N5O3/c1-26-13-10(16(17,18)19)7-20-15(22-13)21-12-6-11(9-4-5-27-14(9)25)23-24(12)8-2-3-8/h6-9H,2-5H2,1H3,(H,20,21,22). The van der Waals surface area contributed by atoms with Gasteiger partial charge in [-0.05, 0) is 12.8 Å². The zero-order valence-electron chi connectivity index (χ0n) is 14.3. The van der Waals surface area contributed by atoms with E-state index >= 15 is 0 Å². The largest absolute Gasteiger partial charge is 0.480 e. The number of hydrogen-bond acceptors (Lipinski definition) is 7. The van der Waals surface area contributed by atoms with Gasteiger partial charge in [0.05, 0.1) is 25.5 Å². The van der Waals surface area contributed by atoms with Crippen molar-refractivity contribution in [1.29, 1.82) is 0 Å². The molecule has 144 valence electrons. The van der Waals surface area contributed by atoms with Crippen LogP contribution < -0.4 is 10.1 Å². The molecule has 1 aliphatic heterocycles. The maximum Gasteiger partial charge on any atom is 0.423 e. The third kappa shape index (κ3) is 3.40. The maximum absolute atomic E-state index is 12.9. The van der Waals surface area contributed by atoms with Crippen LogP contribution in [0.15, 0.2) is 12.3 Å². The second-order valence-electron chi connectivity index (χ2n) is 6.38. The van der Waals surface area contributed by atoms with Crippen LogP contribution in [0, 0.1) is 0 Å². The van der Waals surface area contributed by atoms with Crippen LogP contribution >= 0.6 is 0 Å². The number of cyclic esters (lactones) is 1. The summed E-state index contributed by atoms with van der Waals surface area (Å²) in [5.41, 5.74) is -0.494. The molecular weight excluding hydrogens is 367 g/mol. The van der Waals surface area contributed by atoms with Crippen LogP contribution in [-0.4, -0.2) is 39.4 Å². The fourth-order valence-electron chi connectivity index (χ4n) is 2.93. The minimum Gasteiger partial charge on any atom is -0.480 e. The number of anilines is 2. The van der Waals surface area contributed by atoms with Gasteiger partial charge in [-0.2, -0.15) is 23.3 Å². The quantitative estimate of drug-likeness (QED) is 0.794. The molecule has 0 radical (unpaired) electrons. The number of nitrogens with zero attached hydrogens (tertiary/aromatic N) is 4. The smallest absolute Gasteiger partial charge is 0.423 e. The van der Waals surface area contributed by atoms with E-state index in [1.165, 1.54) is 0 Å². The maximum atomic E-state index is 12.9. The van der Waals surface area contributed by atoms with Gasteiger partial charge in [0, 0.05) is 18.7 Å². The third-order valence-corrected chi connectivity index (χ3v) is 4.43. The predicted octanol–water partition coefficient (Wildman–Crippen LogP) is 2.81. The Morgan fingerprint density at radius 1 is 1.33 bits per heavy atom. The molecule has 8 nitrogen and oxygen atoms in total. The molecule has 0 aromatic carbocycles. The fourth-order valence-corrected chi connectivity index (χ4v) is 2.93. The summed E-state index contributed by atoms with van der Waals surface area (Å²) in [6.07, 6.45) is -1.54. The topological polar surface area (TPSA) is 91.2 Å². The lowest BCUT2D eigenvalue weighted by molar-refractivity contribution is -0.140. The van der Waals surface area contributed by atoms with Crippen LogP contribution in [0.4, 0.5) is 24.9 Å². The molecule has 0 spiro atoms. The number of halogens is 3. The van der Waals surface area contributed by atoms with E-state index in [0.29, 0.717) is 30.7 Å². The van der Waals surface area contributed by atoms with Crippen LogP contribution in [0.2, 0.25) is 0 Å². The number of hydrogen-bond donors (Lipinski definition) is 1. The normalized spacial score (nSPS) is 19.9. The lowest BCUT2D eigenvalue weighted by Gasteiger charge is -2.12. The number of alkyl halides is 3. The third-order valence-electron chi connectivity index (χ3n) is 4.43. The van der Waals surface area contributed by atoms with E-state index in [4.69, 9.17) is 9.47 Å². The highest BCUT2D eigenvalue weighted by Gasteiger charge is 2.37. The van der Waals surface area contributed by atoms with Crippen molar-refractivity contribution < 1.29 is 27.4 Å². The Labute approximate surface area is 151 Å². The average molecular weight is 383 g/mol. The Hall–Kier alpha value is -2.85. The molecule has 3 heterocycles. The van der Waals surface area contributed by atoms with Crippen molar-refractivity contribution in [2.45, 2.75) is 37.4 Å². The molecular formula is C16H16F3N5O3. The van der Waals surface area contributed by atoms with Crippen LogP contribution in [0.1, 0.15) is 42.5 Å². The number of methoxy groups -OCH3 is 1. The molecule has 11 heteroatoms. The highest BCUT2D eigenvalue weighted by atomic mass is 19.4. The summed E-state index contributed by atoms with van der Waals surface area (Å²) in [4.78, 5) is 19.3. The van der Waals surface area contributed by atoms with Gasteiger partial charge >= 0.3 is 12.1 Å². The van der Waals surface area contributed by atoms with E-state index < -0.39 is 23.5 Å². The predicted molar refractivity (Wildman–Crippen MR) is 85.7 cm³/mol. The minimum absolute atomic E-state index is 0.0535. The van der Waals surface area contributed by atoms with E-state index in [-0.39, 0.29) is 18.0 Å². The molecule has 1 N–H and O–H groups in total. The minimum atomic E-state index is -4.62. The van der Waals surface area contributed by atoms with Gasteiger partial charge in [-0.25, -0.2) is 9.67 Å². The van der Waals surface area contributed by atoms with Gasteiger partial charge < -0.3 is 14.8 Å². The lowest BCUT2D eigenvalue weighted by Crippen LogP contribution is -2.12. The Kier molecular flexibility index (Phi) is 4.16. The van der Waals surface area contributed by atoms with Crippen molar-refractivity contribution in [3.63, 3.8) is 0 Å². The number of aromatic nitrogens is 4. The fraction of sp³-hybridized carbons (Fsp3) is 0.500. The number of nitrogens with one attached hydrogen (secondary N) is 1. The average Bonchev–Trinajstić information content (AvgIpc) is 3.25. The van der Waals surface area contributed by atoms with Gasteiger partial charge in [0.1, 0.15) is 17.3 Å². The summed E-state index contributed by atoms with van der Waals surface area (Å²) < 4.78 is 50.3. The lowest BCUT2D eigenvalue weighted by atomic mass is 10.1. The molecule has 1 unspecified atom stereocenters. The van der Waals surface area contributed by atoms with Crippen molar-refractivity contribution in [3.8, 4) is 5.88 Å². The van der Waals surface area contributed by atoms with E-state index in [1.54, 1.807) is 10.7 Å². The van der Waals surface area contributed by atoms with Crippen molar-refractivity contribution in [2.24, 2.45) is 0 Å². The van der Waals surface area contributed by atoms with Crippen molar-refractivity contribution >= 4 is 17.7 Å². The highest BCUT2D eigenvalue weighted by Crippen LogP contribution is 2.40. The van der Waals surface area contributed by atoms with Gasteiger partial charge in [0.2, 0.25) is 11.8 Å². The second kappa shape index (κ2) is 6.39. The molecule has 4 rings (SSSR count). The zero-order chi connectivity index (χ0) is 19.2. The second-order valence-corrected chi connectivity index (χ2v) is 6.38. The summed E-state index contributed by atoms with van der Waals surface area (Å²) in [6, 6.07) is 1.86. The number of ether oxygens (including phenoxy) is 2. The van der Waals surface area contributed by atoms with Gasteiger partial charge in [0.25, 0.3) is 0 Å². The molecule has 1 saturated carbocycles. The monoisotopic (exact) mass is 383 g/mol. The summed E-state index contributed by atoms with van der Waals surface area (Å²) >= 11 is 0. The highest BCUT2D eigenvalue weighted by molar-refractivity contribution is 5.79. The molecule has 2 fully saturated rings. The Morgan fingerprint density at radius 2 is 2.11 bits per heavy atom. The zero-order valence-corrected chi connectivity index (χ0v) is 14.3. The number of esters is 1. The summed E-state index contributed by atoms with van der Waals surface area (Å²) in [6.45, 7) is 0.349.